The third-order valence-electron chi connectivity index (χ3n) is 6.36. The Bertz CT molecular complexity index is 466. The highest BCUT2D eigenvalue weighted by molar-refractivity contribution is 5.77. The Morgan fingerprint density at radius 2 is 1.76 bits per heavy atom. The Morgan fingerprint density at radius 1 is 1.00 bits per heavy atom. The molecule has 1 saturated carbocycles. The van der Waals surface area contributed by atoms with Crippen molar-refractivity contribution in [3.8, 4) is 0 Å². The first kappa shape index (κ1) is 18.5. The molecule has 0 aromatic carbocycles. The standard InChI is InChI=1S/C20H35N3O2/c1-16-7-5-13-22(15-16)19(24)11-4-12-21-20(25)23-14-6-9-17-8-2-3-10-18(17)23/h16-18H,2-15H2,1H3,(H,21,25). The first-order valence-electron chi connectivity index (χ1n) is 10.5. The fourth-order valence-electron chi connectivity index (χ4n) is 4.99. The van der Waals surface area contributed by atoms with Crippen LogP contribution in [0.3, 0.4) is 0 Å². The van der Waals surface area contributed by atoms with Crippen molar-refractivity contribution in [2.24, 2.45) is 11.8 Å². The summed E-state index contributed by atoms with van der Waals surface area (Å²) in [7, 11) is 0. The van der Waals surface area contributed by atoms with E-state index in [1.807, 2.05) is 4.90 Å². The van der Waals surface area contributed by atoms with Crippen LogP contribution < -0.4 is 5.32 Å². The van der Waals surface area contributed by atoms with Crippen LogP contribution in [0, 0.1) is 11.8 Å². The summed E-state index contributed by atoms with van der Waals surface area (Å²) < 4.78 is 0. The van der Waals surface area contributed by atoms with Gasteiger partial charge in [0.05, 0.1) is 0 Å². The van der Waals surface area contributed by atoms with Gasteiger partial charge in [-0.3, -0.25) is 4.79 Å². The van der Waals surface area contributed by atoms with Crippen LogP contribution in [0.15, 0.2) is 0 Å². The second kappa shape index (κ2) is 8.91. The van der Waals surface area contributed by atoms with Crippen LogP contribution in [0.4, 0.5) is 4.79 Å². The Labute approximate surface area is 152 Å². The van der Waals surface area contributed by atoms with Crippen LogP contribution >= 0.6 is 0 Å². The van der Waals surface area contributed by atoms with Gasteiger partial charge in [0.1, 0.15) is 0 Å². The maximum absolute atomic E-state index is 12.6. The highest BCUT2D eigenvalue weighted by Crippen LogP contribution is 2.35. The molecule has 3 unspecified atom stereocenters. The quantitative estimate of drug-likeness (QED) is 0.791. The molecule has 1 N–H and O–H groups in total. The summed E-state index contributed by atoms with van der Waals surface area (Å²) in [4.78, 5) is 28.9. The number of likely N-dealkylation sites (tertiary alicyclic amines) is 2. The van der Waals surface area contributed by atoms with E-state index in [0.717, 1.165) is 44.8 Å². The average molecular weight is 350 g/mol. The molecule has 5 nitrogen and oxygen atoms in total. The zero-order chi connectivity index (χ0) is 17.6. The number of carbonyl (C=O) groups is 2. The maximum Gasteiger partial charge on any atom is 0.317 e. The molecule has 0 aromatic heterocycles. The molecular formula is C20H35N3O2. The number of nitrogens with zero attached hydrogens (tertiary/aromatic N) is 2. The number of amides is 3. The highest BCUT2D eigenvalue weighted by atomic mass is 16.2. The lowest BCUT2D eigenvalue weighted by Crippen LogP contribution is -2.53. The molecule has 2 saturated heterocycles. The fraction of sp³-hybridized carbons (Fsp3) is 0.900. The molecule has 3 rings (SSSR count). The second-order valence-electron chi connectivity index (χ2n) is 8.37. The lowest BCUT2D eigenvalue weighted by Gasteiger charge is -2.44. The van der Waals surface area contributed by atoms with Gasteiger partial charge in [-0.05, 0) is 56.8 Å². The van der Waals surface area contributed by atoms with Gasteiger partial charge < -0.3 is 15.1 Å². The van der Waals surface area contributed by atoms with Crippen molar-refractivity contribution in [3.05, 3.63) is 0 Å². The molecule has 0 bridgehead atoms. The van der Waals surface area contributed by atoms with Crippen LogP contribution in [0.25, 0.3) is 0 Å². The zero-order valence-corrected chi connectivity index (χ0v) is 15.8. The molecule has 3 aliphatic rings. The van der Waals surface area contributed by atoms with E-state index in [1.54, 1.807) is 0 Å². The number of hydrogen-bond acceptors (Lipinski definition) is 2. The Kier molecular flexibility index (Phi) is 6.60. The predicted molar refractivity (Wildman–Crippen MR) is 99.3 cm³/mol. The molecule has 142 valence electrons. The molecule has 0 aromatic rings. The van der Waals surface area contributed by atoms with Gasteiger partial charge in [-0.2, -0.15) is 0 Å². The van der Waals surface area contributed by atoms with Gasteiger partial charge in [0.15, 0.2) is 0 Å². The smallest absolute Gasteiger partial charge is 0.317 e. The maximum atomic E-state index is 12.6. The number of hydrogen-bond donors (Lipinski definition) is 1. The molecule has 1 aliphatic carbocycles. The summed E-state index contributed by atoms with van der Waals surface area (Å²) in [5.41, 5.74) is 0. The third-order valence-corrected chi connectivity index (χ3v) is 6.36. The topological polar surface area (TPSA) is 52.7 Å². The molecule has 2 aliphatic heterocycles. The summed E-state index contributed by atoms with van der Waals surface area (Å²) in [5.74, 6) is 1.60. The van der Waals surface area contributed by atoms with E-state index in [2.05, 4.69) is 17.1 Å². The van der Waals surface area contributed by atoms with Gasteiger partial charge in [0.2, 0.25) is 5.91 Å². The van der Waals surface area contributed by atoms with Gasteiger partial charge in [-0.1, -0.05) is 19.8 Å². The number of fused-ring (bicyclic) bond motifs is 1. The second-order valence-corrected chi connectivity index (χ2v) is 8.37. The normalized spacial score (nSPS) is 29.9. The molecule has 3 amide bonds. The minimum absolute atomic E-state index is 0.0932. The van der Waals surface area contributed by atoms with Crippen molar-refractivity contribution in [3.63, 3.8) is 0 Å². The first-order chi connectivity index (χ1) is 12.1. The molecule has 25 heavy (non-hydrogen) atoms. The Hall–Kier alpha value is -1.26. The molecule has 2 heterocycles. The zero-order valence-electron chi connectivity index (χ0n) is 15.8. The van der Waals surface area contributed by atoms with Crippen molar-refractivity contribution in [1.82, 2.24) is 15.1 Å². The van der Waals surface area contributed by atoms with Crippen molar-refractivity contribution >= 4 is 11.9 Å². The minimum atomic E-state index is 0.0932. The summed E-state index contributed by atoms with van der Waals surface area (Å²) in [6.45, 7) is 5.55. The number of urea groups is 1. The lowest BCUT2D eigenvalue weighted by molar-refractivity contribution is -0.132. The van der Waals surface area contributed by atoms with E-state index in [0.29, 0.717) is 24.9 Å². The molecule has 0 radical (unpaired) electrons. The molecule has 5 heteroatoms. The lowest BCUT2D eigenvalue weighted by atomic mass is 9.78. The van der Waals surface area contributed by atoms with Gasteiger partial charge in [0.25, 0.3) is 0 Å². The van der Waals surface area contributed by atoms with E-state index in [1.165, 1.54) is 38.5 Å². The predicted octanol–water partition coefficient (Wildman–Crippen LogP) is 3.39. The largest absolute Gasteiger partial charge is 0.342 e. The van der Waals surface area contributed by atoms with Crippen LogP contribution in [0.1, 0.15) is 71.1 Å². The van der Waals surface area contributed by atoms with Crippen molar-refractivity contribution in [2.45, 2.75) is 77.2 Å². The van der Waals surface area contributed by atoms with Crippen LogP contribution in [-0.2, 0) is 4.79 Å². The van der Waals surface area contributed by atoms with Gasteiger partial charge >= 0.3 is 6.03 Å². The van der Waals surface area contributed by atoms with E-state index in [-0.39, 0.29) is 11.9 Å². The van der Waals surface area contributed by atoms with Gasteiger partial charge in [-0.25, -0.2) is 4.79 Å². The van der Waals surface area contributed by atoms with Gasteiger partial charge in [0, 0.05) is 38.6 Å². The van der Waals surface area contributed by atoms with Crippen LogP contribution in [0.5, 0.6) is 0 Å². The van der Waals surface area contributed by atoms with E-state index in [4.69, 9.17) is 0 Å². The number of carbonyl (C=O) groups excluding carboxylic acids is 2. The summed E-state index contributed by atoms with van der Waals surface area (Å²) in [6, 6.07) is 0.551. The Balaban J connectivity index is 1.36. The molecule has 0 spiro atoms. The number of nitrogens with one attached hydrogen (secondary N) is 1. The highest BCUT2D eigenvalue weighted by Gasteiger charge is 2.35. The van der Waals surface area contributed by atoms with Gasteiger partial charge in [-0.15, -0.1) is 0 Å². The third kappa shape index (κ3) is 4.89. The van der Waals surface area contributed by atoms with Crippen molar-refractivity contribution < 1.29 is 9.59 Å². The monoisotopic (exact) mass is 349 g/mol. The van der Waals surface area contributed by atoms with Crippen molar-refractivity contribution in [2.75, 3.05) is 26.2 Å². The summed E-state index contributed by atoms with van der Waals surface area (Å²) >= 11 is 0. The van der Waals surface area contributed by atoms with E-state index in [9.17, 15) is 9.59 Å². The number of piperidine rings is 2. The number of rotatable bonds is 4. The summed E-state index contributed by atoms with van der Waals surface area (Å²) in [6.07, 6.45) is 11.1. The van der Waals surface area contributed by atoms with E-state index >= 15 is 0 Å². The molecular weight excluding hydrogens is 314 g/mol. The average Bonchev–Trinajstić information content (AvgIpc) is 2.64. The van der Waals surface area contributed by atoms with Crippen molar-refractivity contribution in [1.29, 1.82) is 0 Å². The molecule has 3 atom stereocenters. The Morgan fingerprint density at radius 3 is 2.60 bits per heavy atom. The van der Waals surface area contributed by atoms with E-state index < -0.39 is 0 Å². The van der Waals surface area contributed by atoms with Crippen LogP contribution in [-0.4, -0.2) is 54.0 Å². The first-order valence-corrected chi connectivity index (χ1v) is 10.5. The summed E-state index contributed by atoms with van der Waals surface area (Å²) in [5, 5.41) is 3.07. The SMILES string of the molecule is CC1CCCN(C(=O)CCCNC(=O)N2CCCC3CCCCC32)C1. The minimum Gasteiger partial charge on any atom is -0.342 e. The van der Waals surface area contributed by atoms with Crippen LogP contribution in [0.2, 0.25) is 0 Å². The molecule has 3 fully saturated rings. The fourth-order valence-corrected chi connectivity index (χ4v) is 4.99.